The van der Waals surface area contributed by atoms with E-state index in [1.807, 2.05) is 18.2 Å². The van der Waals surface area contributed by atoms with E-state index in [1.165, 1.54) is 58.0 Å². The molecule has 2 fully saturated rings. The summed E-state index contributed by atoms with van der Waals surface area (Å²) in [6.45, 7) is 4.02. The molecule has 0 aromatic heterocycles. The van der Waals surface area contributed by atoms with Crippen LogP contribution in [-0.4, -0.2) is 32.2 Å². The Kier molecular flexibility index (Phi) is 9.49. The Morgan fingerprint density at radius 1 is 0.962 bits per heavy atom. The number of esters is 1. The number of nitrogens with one attached hydrogen (secondary N) is 1. The van der Waals surface area contributed by atoms with Crippen LogP contribution in [0.4, 0.5) is 0 Å². The SMILES string of the molecule is O=C(OCC[NH+]1CCCCCC1)C(c1ccccc1)C1CCCCC1.[Cl-]. The van der Waals surface area contributed by atoms with Gasteiger partial charge in [0.2, 0.25) is 0 Å². The van der Waals surface area contributed by atoms with Crippen LogP contribution in [0.3, 0.4) is 0 Å². The molecule has 1 aromatic carbocycles. The second kappa shape index (κ2) is 11.6. The van der Waals surface area contributed by atoms with Crippen molar-refractivity contribution < 1.29 is 26.8 Å². The van der Waals surface area contributed by atoms with Gasteiger partial charge in [-0.25, -0.2) is 0 Å². The van der Waals surface area contributed by atoms with Crippen LogP contribution in [0.15, 0.2) is 30.3 Å². The number of halogens is 1. The fourth-order valence-electron chi connectivity index (χ4n) is 4.59. The van der Waals surface area contributed by atoms with E-state index in [0.29, 0.717) is 12.5 Å². The monoisotopic (exact) mass is 379 g/mol. The summed E-state index contributed by atoms with van der Waals surface area (Å²) < 4.78 is 5.80. The van der Waals surface area contributed by atoms with Gasteiger partial charge in [0.15, 0.2) is 0 Å². The molecule has 0 spiro atoms. The van der Waals surface area contributed by atoms with Crippen molar-refractivity contribution in [2.45, 2.75) is 63.7 Å². The fourth-order valence-corrected chi connectivity index (χ4v) is 4.59. The Hall–Kier alpha value is -1.06. The van der Waals surface area contributed by atoms with Gasteiger partial charge in [-0.15, -0.1) is 0 Å². The number of benzene rings is 1. The molecular formula is C22H34ClNO2. The van der Waals surface area contributed by atoms with Gasteiger partial charge in [-0.05, 0) is 50.0 Å². The molecule has 146 valence electrons. The summed E-state index contributed by atoms with van der Waals surface area (Å²) in [5, 5.41) is 0. The van der Waals surface area contributed by atoms with E-state index in [9.17, 15) is 4.79 Å². The summed E-state index contributed by atoms with van der Waals surface area (Å²) in [7, 11) is 0. The van der Waals surface area contributed by atoms with E-state index in [-0.39, 0.29) is 24.3 Å². The molecule has 1 N–H and O–H groups in total. The second-order valence-electron chi connectivity index (χ2n) is 7.87. The number of carbonyl (C=O) groups is 1. The van der Waals surface area contributed by atoms with Crippen LogP contribution < -0.4 is 17.3 Å². The van der Waals surface area contributed by atoms with Crippen LogP contribution in [0.1, 0.15) is 69.3 Å². The molecule has 0 amide bonds. The van der Waals surface area contributed by atoms with Crippen molar-refractivity contribution >= 4 is 5.97 Å². The number of ether oxygens (including phenoxy) is 1. The topological polar surface area (TPSA) is 30.7 Å². The van der Waals surface area contributed by atoms with E-state index < -0.39 is 0 Å². The molecule has 3 rings (SSSR count). The molecule has 1 unspecified atom stereocenters. The van der Waals surface area contributed by atoms with Crippen molar-refractivity contribution in [3.8, 4) is 0 Å². The van der Waals surface area contributed by atoms with Crippen LogP contribution in [0.25, 0.3) is 0 Å². The van der Waals surface area contributed by atoms with Crippen molar-refractivity contribution in [1.29, 1.82) is 0 Å². The number of quaternary nitrogens is 1. The second-order valence-corrected chi connectivity index (χ2v) is 7.87. The lowest BCUT2D eigenvalue weighted by Gasteiger charge is -2.29. The first-order valence-electron chi connectivity index (χ1n) is 10.4. The Bertz CT molecular complexity index is 508. The highest BCUT2D eigenvalue weighted by molar-refractivity contribution is 5.78. The van der Waals surface area contributed by atoms with Crippen LogP contribution in [0, 0.1) is 5.92 Å². The Labute approximate surface area is 164 Å². The molecule has 1 aliphatic heterocycles. The molecule has 1 saturated heterocycles. The van der Waals surface area contributed by atoms with E-state index in [1.54, 1.807) is 4.90 Å². The van der Waals surface area contributed by atoms with Crippen LogP contribution in [0.2, 0.25) is 0 Å². The highest BCUT2D eigenvalue weighted by Crippen LogP contribution is 2.36. The highest BCUT2D eigenvalue weighted by Gasteiger charge is 2.32. The van der Waals surface area contributed by atoms with Crippen molar-refractivity contribution in [2.75, 3.05) is 26.2 Å². The van der Waals surface area contributed by atoms with Crippen molar-refractivity contribution in [2.24, 2.45) is 5.92 Å². The molecule has 1 heterocycles. The van der Waals surface area contributed by atoms with Crippen LogP contribution in [-0.2, 0) is 9.53 Å². The third kappa shape index (κ3) is 6.28. The van der Waals surface area contributed by atoms with E-state index >= 15 is 0 Å². The van der Waals surface area contributed by atoms with Gasteiger partial charge in [0.1, 0.15) is 13.2 Å². The number of hydrogen-bond acceptors (Lipinski definition) is 2. The Morgan fingerprint density at radius 2 is 1.58 bits per heavy atom. The smallest absolute Gasteiger partial charge is 0.313 e. The molecule has 4 heteroatoms. The summed E-state index contributed by atoms with van der Waals surface area (Å²) in [6, 6.07) is 10.3. The average Bonchev–Trinajstić information content (AvgIpc) is 2.93. The fraction of sp³-hybridized carbons (Fsp3) is 0.682. The van der Waals surface area contributed by atoms with Gasteiger partial charge < -0.3 is 22.0 Å². The third-order valence-corrected chi connectivity index (χ3v) is 6.04. The molecule has 1 aliphatic carbocycles. The quantitative estimate of drug-likeness (QED) is 0.723. The molecular weight excluding hydrogens is 346 g/mol. The Morgan fingerprint density at radius 3 is 2.23 bits per heavy atom. The van der Waals surface area contributed by atoms with Gasteiger partial charge in [-0.1, -0.05) is 49.6 Å². The summed E-state index contributed by atoms with van der Waals surface area (Å²) in [5.74, 6) is 0.391. The molecule has 0 radical (unpaired) electrons. The lowest BCUT2D eigenvalue weighted by atomic mass is 9.77. The van der Waals surface area contributed by atoms with Gasteiger partial charge in [0.05, 0.1) is 19.0 Å². The van der Waals surface area contributed by atoms with Gasteiger partial charge in [-0.2, -0.15) is 0 Å². The van der Waals surface area contributed by atoms with Gasteiger partial charge in [0, 0.05) is 0 Å². The highest BCUT2D eigenvalue weighted by atomic mass is 35.5. The molecule has 1 atom stereocenters. The first-order valence-corrected chi connectivity index (χ1v) is 10.4. The zero-order valence-electron chi connectivity index (χ0n) is 15.9. The molecule has 2 aliphatic rings. The summed E-state index contributed by atoms with van der Waals surface area (Å²) in [6.07, 6.45) is 11.5. The van der Waals surface area contributed by atoms with Crippen molar-refractivity contribution in [1.82, 2.24) is 0 Å². The number of hydrogen-bond donors (Lipinski definition) is 1. The average molecular weight is 380 g/mol. The van der Waals surface area contributed by atoms with E-state index in [0.717, 1.165) is 24.9 Å². The minimum absolute atomic E-state index is 0. The molecule has 0 bridgehead atoms. The first-order chi connectivity index (χ1) is 12.3. The zero-order chi connectivity index (χ0) is 17.3. The summed E-state index contributed by atoms with van der Waals surface area (Å²) in [5.41, 5.74) is 1.14. The van der Waals surface area contributed by atoms with Crippen LogP contribution in [0.5, 0.6) is 0 Å². The number of likely N-dealkylation sites (tertiary alicyclic amines) is 1. The lowest BCUT2D eigenvalue weighted by Crippen LogP contribution is -3.12. The van der Waals surface area contributed by atoms with Gasteiger partial charge in [0.25, 0.3) is 0 Å². The number of carbonyl (C=O) groups excluding carboxylic acids is 1. The van der Waals surface area contributed by atoms with Crippen LogP contribution >= 0.6 is 0 Å². The summed E-state index contributed by atoms with van der Waals surface area (Å²) >= 11 is 0. The predicted molar refractivity (Wildman–Crippen MR) is 101 cm³/mol. The van der Waals surface area contributed by atoms with Gasteiger partial charge in [-0.3, -0.25) is 4.79 Å². The lowest BCUT2D eigenvalue weighted by molar-refractivity contribution is -0.899. The zero-order valence-corrected chi connectivity index (χ0v) is 16.7. The normalized spacial score (nSPS) is 20.6. The molecule has 1 aromatic rings. The first kappa shape index (κ1) is 21.2. The summed E-state index contributed by atoms with van der Waals surface area (Å²) in [4.78, 5) is 14.5. The maximum atomic E-state index is 12.9. The molecule has 26 heavy (non-hydrogen) atoms. The van der Waals surface area contributed by atoms with Crippen molar-refractivity contribution in [3.63, 3.8) is 0 Å². The third-order valence-electron chi connectivity index (χ3n) is 6.04. The van der Waals surface area contributed by atoms with Gasteiger partial charge >= 0.3 is 5.97 Å². The minimum atomic E-state index is -0.0689. The minimum Gasteiger partial charge on any atom is -1.00 e. The number of rotatable bonds is 6. The van der Waals surface area contributed by atoms with Crippen molar-refractivity contribution in [3.05, 3.63) is 35.9 Å². The predicted octanol–water partition coefficient (Wildman–Crippen LogP) is 0.357. The Balaban J connectivity index is 0.00000243. The molecule has 3 nitrogen and oxygen atoms in total. The maximum Gasteiger partial charge on any atom is 0.313 e. The largest absolute Gasteiger partial charge is 1.00 e. The van der Waals surface area contributed by atoms with E-state index in [2.05, 4.69) is 12.1 Å². The standard InChI is InChI=1S/C22H33NO2.ClH/c24-22(25-18-17-23-15-9-1-2-10-16-23)21(19-11-5-3-6-12-19)20-13-7-4-8-14-20;/h3,5-6,11-12,20-21H,1-2,4,7-10,13-18H2;1H. The van der Waals surface area contributed by atoms with E-state index in [4.69, 9.17) is 4.74 Å². The molecule has 1 saturated carbocycles. The maximum absolute atomic E-state index is 12.9.